The summed E-state index contributed by atoms with van der Waals surface area (Å²) in [4.78, 5) is 15.5. The molecule has 1 amide bonds. The molecule has 4 heteroatoms. The monoisotopic (exact) mass is 335 g/mol. The van der Waals surface area contributed by atoms with Crippen molar-refractivity contribution < 1.29 is 4.79 Å². The van der Waals surface area contributed by atoms with Crippen LogP contribution in [0.2, 0.25) is 0 Å². The molecule has 0 bridgehead atoms. The van der Waals surface area contributed by atoms with Gasteiger partial charge in [-0.05, 0) is 48.2 Å². The lowest BCUT2D eigenvalue weighted by molar-refractivity contribution is -0.115. The summed E-state index contributed by atoms with van der Waals surface area (Å²) in [5, 5.41) is 7.46. The Hall–Kier alpha value is -2.75. The third-order valence-electron chi connectivity index (χ3n) is 4.25. The fourth-order valence-electron chi connectivity index (χ4n) is 2.83. The zero-order chi connectivity index (χ0) is 17.6. The third kappa shape index (κ3) is 4.63. The van der Waals surface area contributed by atoms with E-state index < -0.39 is 0 Å². The minimum atomic E-state index is -0.00901. The first-order valence-corrected chi connectivity index (χ1v) is 8.80. The smallest absolute Gasteiger partial charge is 0.228 e. The number of aromatic nitrogens is 1. The molecule has 0 spiro atoms. The van der Waals surface area contributed by atoms with Gasteiger partial charge in [0.15, 0.2) is 0 Å². The van der Waals surface area contributed by atoms with Gasteiger partial charge in [-0.25, -0.2) is 0 Å². The number of nitrogens with one attached hydrogen (secondary N) is 3. The van der Waals surface area contributed by atoms with Gasteiger partial charge < -0.3 is 15.6 Å². The molecule has 25 heavy (non-hydrogen) atoms. The third-order valence-corrected chi connectivity index (χ3v) is 4.25. The molecule has 0 unspecified atom stereocenters. The van der Waals surface area contributed by atoms with Crippen LogP contribution in [0.4, 0.5) is 11.4 Å². The van der Waals surface area contributed by atoms with Crippen LogP contribution in [-0.2, 0) is 11.2 Å². The van der Waals surface area contributed by atoms with E-state index in [9.17, 15) is 4.79 Å². The van der Waals surface area contributed by atoms with Crippen LogP contribution >= 0.6 is 0 Å². The number of hydrogen-bond acceptors (Lipinski definition) is 2. The molecule has 1 heterocycles. The Kier molecular flexibility index (Phi) is 5.39. The van der Waals surface area contributed by atoms with Crippen LogP contribution in [0.5, 0.6) is 0 Å². The van der Waals surface area contributed by atoms with Crippen molar-refractivity contribution in [3.05, 3.63) is 60.3 Å². The predicted octanol–water partition coefficient (Wildman–Crippen LogP) is 4.81. The molecular formula is C21H25N3O. The van der Waals surface area contributed by atoms with E-state index in [0.29, 0.717) is 12.3 Å². The fourth-order valence-corrected chi connectivity index (χ4v) is 2.83. The number of fused-ring (bicyclic) bond motifs is 1. The van der Waals surface area contributed by atoms with Crippen LogP contribution in [0.25, 0.3) is 10.9 Å². The molecule has 0 aliphatic rings. The van der Waals surface area contributed by atoms with Crippen LogP contribution in [0.1, 0.15) is 25.8 Å². The van der Waals surface area contributed by atoms with Crippen molar-refractivity contribution in [3.8, 4) is 0 Å². The molecular weight excluding hydrogens is 310 g/mol. The standard InChI is InChI=1S/C21H25N3O/c1-15(2)11-12-22-17-7-9-18(10-8-17)24-21(25)13-16-14-23-20-6-4-3-5-19(16)20/h3-10,14-15,22-23H,11-13H2,1-2H3,(H,24,25). The van der Waals surface area contributed by atoms with Crippen molar-refractivity contribution in [2.75, 3.05) is 17.2 Å². The Morgan fingerprint density at radius 2 is 1.76 bits per heavy atom. The van der Waals surface area contributed by atoms with Gasteiger partial charge in [-0.1, -0.05) is 32.0 Å². The number of H-pyrrole nitrogens is 1. The van der Waals surface area contributed by atoms with Gasteiger partial charge in [0.1, 0.15) is 0 Å². The molecule has 1 aromatic heterocycles. The number of rotatable bonds is 7. The SMILES string of the molecule is CC(C)CCNc1ccc(NC(=O)Cc2c[nH]c3ccccc23)cc1. The van der Waals surface area contributed by atoms with Crippen molar-refractivity contribution in [2.24, 2.45) is 5.92 Å². The Morgan fingerprint density at radius 1 is 1.04 bits per heavy atom. The number of carbonyl (C=O) groups is 1. The summed E-state index contributed by atoms with van der Waals surface area (Å²) in [6.45, 7) is 5.39. The molecule has 0 fully saturated rings. The maximum Gasteiger partial charge on any atom is 0.228 e. The average Bonchev–Trinajstić information content (AvgIpc) is 2.99. The summed E-state index contributed by atoms with van der Waals surface area (Å²) in [6.07, 6.45) is 3.41. The van der Waals surface area contributed by atoms with E-state index in [1.165, 1.54) is 0 Å². The van der Waals surface area contributed by atoms with E-state index in [1.54, 1.807) is 0 Å². The lowest BCUT2D eigenvalue weighted by atomic mass is 10.1. The van der Waals surface area contributed by atoms with Crippen LogP contribution in [0, 0.1) is 5.92 Å². The Morgan fingerprint density at radius 3 is 2.52 bits per heavy atom. The maximum absolute atomic E-state index is 12.3. The molecule has 3 N–H and O–H groups in total. The van der Waals surface area contributed by atoms with Crippen LogP contribution < -0.4 is 10.6 Å². The molecule has 0 saturated heterocycles. The van der Waals surface area contributed by atoms with Crippen molar-refractivity contribution in [2.45, 2.75) is 26.7 Å². The minimum Gasteiger partial charge on any atom is -0.385 e. The summed E-state index contributed by atoms with van der Waals surface area (Å²) < 4.78 is 0. The second kappa shape index (κ2) is 7.88. The topological polar surface area (TPSA) is 56.9 Å². The van der Waals surface area contributed by atoms with Gasteiger partial charge in [-0.2, -0.15) is 0 Å². The number of aromatic amines is 1. The highest BCUT2D eigenvalue weighted by atomic mass is 16.1. The Balaban J connectivity index is 1.56. The number of para-hydroxylation sites is 1. The molecule has 4 nitrogen and oxygen atoms in total. The van der Waals surface area contributed by atoms with E-state index in [0.717, 1.165) is 40.8 Å². The zero-order valence-electron chi connectivity index (χ0n) is 14.8. The molecule has 2 aromatic carbocycles. The first kappa shape index (κ1) is 17.1. The predicted molar refractivity (Wildman–Crippen MR) is 105 cm³/mol. The van der Waals surface area contributed by atoms with Crippen molar-refractivity contribution in [3.63, 3.8) is 0 Å². The van der Waals surface area contributed by atoms with Gasteiger partial charge in [0.2, 0.25) is 5.91 Å². The molecule has 0 aliphatic carbocycles. The van der Waals surface area contributed by atoms with E-state index in [-0.39, 0.29) is 5.91 Å². The molecule has 3 rings (SSSR count). The fraction of sp³-hybridized carbons (Fsp3) is 0.286. The first-order chi connectivity index (χ1) is 12.1. The van der Waals surface area contributed by atoms with Gasteiger partial charge in [0.25, 0.3) is 0 Å². The summed E-state index contributed by atoms with van der Waals surface area (Å²) in [5.74, 6) is 0.681. The van der Waals surface area contributed by atoms with Gasteiger partial charge in [-0.3, -0.25) is 4.79 Å². The highest BCUT2D eigenvalue weighted by molar-refractivity contribution is 5.95. The molecule has 3 aromatic rings. The van der Waals surface area contributed by atoms with Crippen molar-refractivity contribution >= 4 is 28.2 Å². The van der Waals surface area contributed by atoms with Crippen LogP contribution in [0.3, 0.4) is 0 Å². The number of amides is 1. The van der Waals surface area contributed by atoms with E-state index in [1.807, 2.05) is 54.7 Å². The lowest BCUT2D eigenvalue weighted by Crippen LogP contribution is -2.14. The molecule has 0 atom stereocenters. The van der Waals surface area contributed by atoms with Crippen molar-refractivity contribution in [1.82, 2.24) is 4.98 Å². The van der Waals surface area contributed by atoms with Crippen molar-refractivity contribution in [1.29, 1.82) is 0 Å². The summed E-state index contributed by atoms with van der Waals surface area (Å²) in [7, 11) is 0. The van der Waals surface area contributed by atoms with E-state index in [2.05, 4.69) is 29.5 Å². The second-order valence-electron chi connectivity index (χ2n) is 6.77. The molecule has 0 aliphatic heterocycles. The average molecular weight is 335 g/mol. The zero-order valence-corrected chi connectivity index (χ0v) is 14.8. The van der Waals surface area contributed by atoms with Gasteiger partial charge in [-0.15, -0.1) is 0 Å². The molecule has 130 valence electrons. The van der Waals surface area contributed by atoms with E-state index in [4.69, 9.17) is 0 Å². The summed E-state index contributed by atoms with van der Waals surface area (Å²) in [6, 6.07) is 15.9. The maximum atomic E-state index is 12.3. The van der Waals surface area contributed by atoms with Crippen LogP contribution in [0.15, 0.2) is 54.7 Å². The minimum absolute atomic E-state index is 0.00901. The number of benzene rings is 2. The normalized spacial score (nSPS) is 11.0. The van der Waals surface area contributed by atoms with Gasteiger partial charge in [0.05, 0.1) is 6.42 Å². The Bertz CT molecular complexity index is 834. The number of anilines is 2. The number of carbonyl (C=O) groups excluding carboxylic acids is 1. The highest BCUT2D eigenvalue weighted by Crippen LogP contribution is 2.19. The summed E-state index contributed by atoms with van der Waals surface area (Å²) >= 11 is 0. The van der Waals surface area contributed by atoms with Gasteiger partial charge >= 0.3 is 0 Å². The summed E-state index contributed by atoms with van der Waals surface area (Å²) in [5.41, 5.74) is 3.97. The highest BCUT2D eigenvalue weighted by Gasteiger charge is 2.09. The second-order valence-corrected chi connectivity index (χ2v) is 6.77. The number of hydrogen-bond donors (Lipinski definition) is 3. The van der Waals surface area contributed by atoms with Gasteiger partial charge in [0, 0.05) is 35.0 Å². The largest absolute Gasteiger partial charge is 0.385 e. The van der Waals surface area contributed by atoms with Crippen LogP contribution in [-0.4, -0.2) is 17.4 Å². The Labute approximate surface area is 148 Å². The molecule has 0 saturated carbocycles. The quantitative estimate of drug-likeness (QED) is 0.580. The van der Waals surface area contributed by atoms with E-state index >= 15 is 0 Å². The molecule has 0 radical (unpaired) electrons. The lowest BCUT2D eigenvalue weighted by Gasteiger charge is -2.10. The first-order valence-electron chi connectivity index (χ1n) is 8.80.